The van der Waals surface area contributed by atoms with Gasteiger partial charge in [-0.2, -0.15) is 0 Å². The van der Waals surface area contributed by atoms with Crippen molar-refractivity contribution in [1.82, 2.24) is 19.7 Å². The summed E-state index contributed by atoms with van der Waals surface area (Å²) in [6.07, 6.45) is 0.980. The van der Waals surface area contributed by atoms with Crippen LogP contribution in [0.3, 0.4) is 0 Å². The first-order valence-corrected chi connectivity index (χ1v) is 9.48. The number of nitrogens with one attached hydrogen (secondary N) is 1. The molecule has 1 fully saturated rings. The van der Waals surface area contributed by atoms with Crippen molar-refractivity contribution in [3.63, 3.8) is 0 Å². The number of likely N-dealkylation sites (N-methyl/N-ethyl adjacent to an activating group) is 1. The summed E-state index contributed by atoms with van der Waals surface area (Å²) in [7, 11) is 3.98. The minimum absolute atomic E-state index is 0.00816. The van der Waals surface area contributed by atoms with Crippen LogP contribution in [-0.2, 0) is 7.05 Å². The minimum Gasteiger partial charge on any atom is -0.494 e. The number of hydrogen-bond acceptors (Lipinski definition) is 5. The van der Waals surface area contributed by atoms with Gasteiger partial charge in [-0.3, -0.25) is 9.69 Å². The number of piperazine rings is 1. The summed E-state index contributed by atoms with van der Waals surface area (Å²) < 4.78 is 7.51. The molecule has 0 atom stereocenters. The van der Waals surface area contributed by atoms with Gasteiger partial charge in [0.05, 0.1) is 12.1 Å². The van der Waals surface area contributed by atoms with Gasteiger partial charge < -0.3 is 19.5 Å². The molecule has 0 unspecified atom stereocenters. The third-order valence-electron chi connectivity index (χ3n) is 5.06. The van der Waals surface area contributed by atoms with Crippen LogP contribution in [0.5, 0.6) is 5.75 Å². The summed E-state index contributed by atoms with van der Waals surface area (Å²) in [5.41, 5.74) is 0.934. The number of aryl methyl sites for hydroxylation is 1. The second-order valence-electron chi connectivity index (χ2n) is 7.05. The first-order valence-electron chi connectivity index (χ1n) is 9.48. The van der Waals surface area contributed by atoms with E-state index < -0.39 is 0 Å². The number of pyridine rings is 1. The van der Waals surface area contributed by atoms with Gasteiger partial charge in [0.1, 0.15) is 5.75 Å². The zero-order valence-electron chi connectivity index (χ0n) is 15.9. The van der Waals surface area contributed by atoms with E-state index in [4.69, 9.17) is 4.74 Å². The maximum absolute atomic E-state index is 11.7. The molecule has 0 aliphatic carbocycles. The Morgan fingerprint density at radius 3 is 2.65 bits per heavy atom. The minimum atomic E-state index is 0.00816. The molecule has 2 aromatic rings. The number of hydrogen-bond donors (Lipinski definition) is 1. The van der Waals surface area contributed by atoms with Gasteiger partial charge >= 0.3 is 0 Å². The lowest BCUT2D eigenvalue weighted by Crippen LogP contribution is -2.46. The predicted molar refractivity (Wildman–Crippen MR) is 106 cm³/mol. The number of rotatable bonds is 8. The average molecular weight is 358 g/mol. The third-order valence-corrected chi connectivity index (χ3v) is 5.06. The van der Waals surface area contributed by atoms with E-state index in [-0.39, 0.29) is 5.56 Å². The summed E-state index contributed by atoms with van der Waals surface area (Å²) in [6.45, 7) is 8.52. The van der Waals surface area contributed by atoms with E-state index in [9.17, 15) is 4.79 Å². The molecule has 1 saturated heterocycles. The van der Waals surface area contributed by atoms with E-state index in [1.165, 1.54) is 26.2 Å². The number of ether oxygens (including phenoxy) is 1. The Hall–Kier alpha value is -1.89. The van der Waals surface area contributed by atoms with Gasteiger partial charge in [-0.25, -0.2) is 0 Å². The van der Waals surface area contributed by atoms with E-state index >= 15 is 0 Å². The van der Waals surface area contributed by atoms with E-state index in [1.807, 2.05) is 24.3 Å². The molecule has 1 aromatic heterocycles. The Morgan fingerprint density at radius 1 is 1.04 bits per heavy atom. The van der Waals surface area contributed by atoms with Crippen molar-refractivity contribution in [2.24, 2.45) is 7.05 Å². The molecule has 0 radical (unpaired) electrons. The summed E-state index contributed by atoms with van der Waals surface area (Å²) in [6, 6.07) is 9.32. The fraction of sp³-hybridized carbons (Fsp3) is 0.550. The number of aromatic nitrogens is 1. The highest BCUT2D eigenvalue weighted by Gasteiger charge is 2.12. The third kappa shape index (κ3) is 5.06. The lowest BCUT2D eigenvalue weighted by atomic mass is 10.2. The van der Waals surface area contributed by atoms with Crippen LogP contribution in [0, 0.1) is 0 Å². The van der Waals surface area contributed by atoms with Gasteiger partial charge in [0, 0.05) is 57.8 Å². The Balaban J connectivity index is 1.33. The smallest absolute Gasteiger partial charge is 0.250 e. The van der Waals surface area contributed by atoms with Crippen molar-refractivity contribution in [2.45, 2.75) is 6.42 Å². The molecule has 0 amide bonds. The quantitative estimate of drug-likeness (QED) is 0.718. The van der Waals surface area contributed by atoms with Crippen molar-refractivity contribution >= 4 is 10.9 Å². The second kappa shape index (κ2) is 9.16. The van der Waals surface area contributed by atoms with Crippen molar-refractivity contribution in [3.05, 3.63) is 40.7 Å². The molecule has 6 heteroatoms. The molecule has 26 heavy (non-hydrogen) atoms. The van der Waals surface area contributed by atoms with Crippen molar-refractivity contribution in [1.29, 1.82) is 0 Å². The average Bonchev–Trinajstić information content (AvgIpc) is 2.65. The fourth-order valence-corrected chi connectivity index (χ4v) is 3.27. The standard InChI is InChI=1S/C20H30N4O2/c1-22-11-13-24(14-12-22)10-9-21-8-3-15-26-18-5-6-19-17(16-18)4-7-20(25)23(19)2/h4-7,16,21H,3,8-15H2,1-2H3. The van der Waals surface area contributed by atoms with Crippen LogP contribution in [0.15, 0.2) is 35.1 Å². The van der Waals surface area contributed by atoms with Crippen molar-refractivity contribution < 1.29 is 4.74 Å². The van der Waals surface area contributed by atoms with E-state index in [2.05, 4.69) is 22.2 Å². The van der Waals surface area contributed by atoms with Crippen molar-refractivity contribution in [3.8, 4) is 5.75 Å². The zero-order chi connectivity index (χ0) is 18.4. The Labute approximate surface area is 155 Å². The van der Waals surface area contributed by atoms with Crippen LogP contribution < -0.4 is 15.6 Å². The van der Waals surface area contributed by atoms with E-state index in [0.717, 1.165) is 42.7 Å². The molecule has 2 heterocycles. The van der Waals surface area contributed by atoms with Gasteiger partial charge in [0.25, 0.3) is 5.56 Å². The van der Waals surface area contributed by atoms with Crippen LogP contribution in [-0.4, -0.2) is 73.8 Å². The molecule has 1 N–H and O–H groups in total. The molecule has 0 spiro atoms. The Bertz CT molecular complexity index is 766. The second-order valence-corrected chi connectivity index (χ2v) is 7.05. The molecule has 0 saturated carbocycles. The Kier molecular flexibility index (Phi) is 6.66. The van der Waals surface area contributed by atoms with E-state index in [0.29, 0.717) is 6.61 Å². The number of nitrogens with zero attached hydrogens (tertiary/aromatic N) is 3. The fourth-order valence-electron chi connectivity index (χ4n) is 3.27. The highest BCUT2D eigenvalue weighted by Crippen LogP contribution is 2.19. The molecule has 1 aliphatic rings. The molecule has 1 aromatic carbocycles. The summed E-state index contributed by atoms with van der Waals surface area (Å²) in [5, 5.41) is 4.52. The molecule has 0 bridgehead atoms. The predicted octanol–water partition coefficient (Wildman–Crippen LogP) is 1.14. The van der Waals surface area contributed by atoms with Crippen LogP contribution >= 0.6 is 0 Å². The largest absolute Gasteiger partial charge is 0.494 e. The molecule has 3 rings (SSSR count). The van der Waals surface area contributed by atoms with Gasteiger partial charge in [-0.1, -0.05) is 0 Å². The van der Waals surface area contributed by atoms with Gasteiger partial charge in [-0.15, -0.1) is 0 Å². The number of fused-ring (bicyclic) bond motifs is 1. The Morgan fingerprint density at radius 2 is 1.85 bits per heavy atom. The summed E-state index contributed by atoms with van der Waals surface area (Å²) >= 11 is 0. The highest BCUT2D eigenvalue weighted by molar-refractivity contribution is 5.80. The molecular formula is C20H30N4O2. The first-order chi connectivity index (χ1) is 12.6. The highest BCUT2D eigenvalue weighted by atomic mass is 16.5. The maximum atomic E-state index is 11.7. The van der Waals surface area contributed by atoms with E-state index in [1.54, 1.807) is 17.7 Å². The van der Waals surface area contributed by atoms with Gasteiger partial charge in [0.2, 0.25) is 0 Å². The SMILES string of the molecule is CN1CCN(CCNCCCOc2ccc3c(ccc(=O)n3C)c2)CC1. The molecular weight excluding hydrogens is 328 g/mol. The summed E-state index contributed by atoms with van der Waals surface area (Å²) in [5.74, 6) is 0.855. The van der Waals surface area contributed by atoms with Crippen LogP contribution in [0.4, 0.5) is 0 Å². The molecule has 142 valence electrons. The van der Waals surface area contributed by atoms with Crippen LogP contribution in [0.2, 0.25) is 0 Å². The van der Waals surface area contributed by atoms with Gasteiger partial charge in [-0.05, 0) is 44.3 Å². The first kappa shape index (κ1) is 18.9. The summed E-state index contributed by atoms with van der Waals surface area (Å²) in [4.78, 5) is 16.6. The van der Waals surface area contributed by atoms with Crippen LogP contribution in [0.25, 0.3) is 10.9 Å². The zero-order valence-corrected chi connectivity index (χ0v) is 15.9. The van der Waals surface area contributed by atoms with Crippen molar-refractivity contribution in [2.75, 3.05) is 59.5 Å². The van der Waals surface area contributed by atoms with Gasteiger partial charge in [0.15, 0.2) is 0 Å². The lowest BCUT2D eigenvalue weighted by molar-refractivity contribution is 0.154. The maximum Gasteiger partial charge on any atom is 0.250 e. The molecule has 6 nitrogen and oxygen atoms in total. The van der Waals surface area contributed by atoms with Crippen LogP contribution in [0.1, 0.15) is 6.42 Å². The monoisotopic (exact) mass is 358 g/mol. The molecule has 1 aliphatic heterocycles. The lowest BCUT2D eigenvalue weighted by Gasteiger charge is -2.32. The topological polar surface area (TPSA) is 49.7 Å². The number of benzene rings is 1. The normalized spacial score (nSPS) is 16.2.